The second-order valence-corrected chi connectivity index (χ2v) is 5.28. The molecule has 1 atom stereocenters. The lowest BCUT2D eigenvalue weighted by Gasteiger charge is -2.31. The topological polar surface area (TPSA) is 35.5 Å². The Morgan fingerprint density at radius 1 is 1.50 bits per heavy atom. The van der Waals surface area contributed by atoms with Crippen LogP contribution in [0, 0.1) is 0 Å². The molecule has 0 bridgehead atoms. The Morgan fingerprint density at radius 3 is 2.50 bits per heavy atom. The fourth-order valence-electron chi connectivity index (χ4n) is 1.36. The minimum absolute atomic E-state index is 0.365. The normalized spacial score (nSPS) is 25.2. The summed E-state index contributed by atoms with van der Waals surface area (Å²) in [6, 6.07) is 0. The molecular weight excluding hydrogens is 224 g/mol. The number of hydrogen-bond acceptors (Lipinski definition) is 4. The number of esters is 1. The third-order valence-corrected chi connectivity index (χ3v) is 2.58. The highest BCUT2D eigenvalue weighted by Crippen LogP contribution is 2.28. The van der Waals surface area contributed by atoms with Gasteiger partial charge in [-0.3, -0.25) is 0 Å². The van der Waals surface area contributed by atoms with E-state index in [-0.39, 0.29) is 5.97 Å². The summed E-state index contributed by atoms with van der Waals surface area (Å²) >= 11 is 4.20. The van der Waals surface area contributed by atoms with Gasteiger partial charge in [-0.05, 0) is 37.8 Å². The molecular formula is C12H18O3S. The maximum Gasteiger partial charge on any atom is 0.343 e. The van der Waals surface area contributed by atoms with E-state index in [4.69, 9.17) is 9.47 Å². The second kappa shape index (κ2) is 4.63. The lowest BCUT2D eigenvalue weighted by atomic mass is 9.94. The lowest BCUT2D eigenvalue weighted by molar-refractivity contribution is -0.174. The molecule has 0 aromatic heterocycles. The minimum Gasteiger partial charge on any atom is -0.458 e. The van der Waals surface area contributed by atoms with Gasteiger partial charge in [-0.15, -0.1) is 12.6 Å². The van der Waals surface area contributed by atoms with Crippen LogP contribution in [-0.2, 0) is 14.3 Å². The molecule has 0 aliphatic heterocycles. The molecule has 0 radical (unpaired) electrons. The van der Waals surface area contributed by atoms with E-state index in [1.54, 1.807) is 12.2 Å². The Hall–Kier alpha value is -0.740. The van der Waals surface area contributed by atoms with Crippen molar-refractivity contribution in [2.45, 2.75) is 38.4 Å². The molecule has 1 rings (SSSR count). The Morgan fingerprint density at radius 2 is 2.12 bits per heavy atom. The van der Waals surface area contributed by atoms with Crippen molar-refractivity contribution in [1.82, 2.24) is 0 Å². The summed E-state index contributed by atoms with van der Waals surface area (Å²) in [6.45, 7) is 5.50. The molecule has 0 aromatic rings. The van der Waals surface area contributed by atoms with E-state index in [9.17, 15) is 4.79 Å². The number of methoxy groups -OCH3 is 1. The maximum absolute atomic E-state index is 12.0. The van der Waals surface area contributed by atoms with Gasteiger partial charge in [0, 0.05) is 13.5 Å². The minimum atomic E-state index is -1.00. The monoisotopic (exact) mass is 242 g/mol. The number of hydrogen-bond donors (Lipinski definition) is 1. The van der Waals surface area contributed by atoms with Crippen LogP contribution in [0.1, 0.15) is 27.2 Å². The van der Waals surface area contributed by atoms with Gasteiger partial charge in [-0.25, -0.2) is 4.79 Å². The standard InChI is InChI=1S/C12H18O3S/c1-11(2,3)15-10(13)12(14-4)7-5-9(16)6-8-12/h5-7,16H,8H2,1-4H3. The fraction of sp³-hybridized carbons (Fsp3) is 0.583. The smallest absolute Gasteiger partial charge is 0.343 e. The number of rotatable bonds is 2. The average Bonchev–Trinajstić information content (AvgIpc) is 2.17. The number of allylic oxidation sites excluding steroid dienone is 1. The molecule has 0 saturated carbocycles. The first-order chi connectivity index (χ1) is 7.29. The highest BCUT2D eigenvalue weighted by atomic mass is 32.1. The molecule has 0 spiro atoms. The van der Waals surface area contributed by atoms with E-state index < -0.39 is 11.2 Å². The first kappa shape index (κ1) is 13.3. The second-order valence-electron chi connectivity index (χ2n) is 4.76. The Kier molecular flexibility index (Phi) is 3.86. The van der Waals surface area contributed by atoms with Crippen molar-refractivity contribution >= 4 is 18.6 Å². The van der Waals surface area contributed by atoms with Crippen molar-refractivity contribution in [1.29, 1.82) is 0 Å². The number of thiol groups is 1. The first-order valence-corrected chi connectivity index (χ1v) is 5.61. The zero-order chi connectivity index (χ0) is 12.4. The van der Waals surface area contributed by atoms with Crippen LogP contribution in [0.3, 0.4) is 0 Å². The lowest BCUT2D eigenvalue weighted by Crippen LogP contribution is -2.44. The molecule has 16 heavy (non-hydrogen) atoms. The molecule has 0 aromatic carbocycles. The highest BCUT2D eigenvalue weighted by molar-refractivity contribution is 7.84. The van der Waals surface area contributed by atoms with Gasteiger partial charge in [0.05, 0.1) is 0 Å². The molecule has 0 amide bonds. The molecule has 0 fully saturated rings. The molecule has 0 saturated heterocycles. The van der Waals surface area contributed by atoms with Crippen LogP contribution < -0.4 is 0 Å². The van der Waals surface area contributed by atoms with Gasteiger partial charge in [-0.1, -0.05) is 6.08 Å². The van der Waals surface area contributed by atoms with Gasteiger partial charge in [0.25, 0.3) is 0 Å². The number of carbonyl (C=O) groups excluding carboxylic acids is 1. The van der Waals surface area contributed by atoms with Crippen LogP contribution in [0.4, 0.5) is 0 Å². The SMILES string of the molecule is COC1(C(=O)OC(C)(C)C)C=CC(S)=CC1. The van der Waals surface area contributed by atoms with Crippen molar-refractivity contribution in [3.05, 3.63) is 23.1 Å². The van der Waals surface area contributed by atoms with Gasteiger partial charge in [0.15, 0.2) is 5.60 Å². The third kappa shape index (κ3) is 3.12. The quantitative estimate of drug-likeness (QED) is 0.597. The van der Waals surface area contributed by atoms with Crippen LogP contribution in [0.2, 0.25) is 0 Å². The Bertz CT molecular complexity index is 339. The summed E-state index contributed by atoms with van der Waals surface area (Å²) in [5, 5.41) is 0. The molecule has 3 nitrogen and oxygen atoms in total. The van der Waals surface area contributed by atoms with Crippen LogP contribution in [0.15, 0.2) is 23.1 Å². The predicted molar refractivity (Wildman–Crippen MR) is 66.4 cm³/mol. The number of carbonyl (C=O) groups is 1. The molecule has 4 heteroatoms. The molecule has 1 aliphatic carbocycles. The van der Waals surface area contributed by atoms with Gasteiger partial charge >= 0.3 is 5.97 Å². The van der Waals surface area contributed by atoms with Crippen LogP contribution in [0.5, 0.6) is 0 Å². The maximum atomic E-state index is 12.0. The van der Waals surface area contributed by atoms with E-state index in [1.807, 2.05) is 26.8 Å². The van der Waals surface area contributed by atoms with Crippen molar-refractivity contribution in [2.24, 2.45) is 0 Å². The molecule has 0 heterocycles. The molecule has 90 valence electrons. The van der Waals surface area contributed by atoms with Crippen LogP contribution in [-0.4, -0.2) is 24.3 Å². The van der Waals surface area contributed by atoms with Crippen molar-refractivity contribution < 1.29 is 14.3 Å². The van der Waals surface area contributed by atoms with Gasteiger partial charge < -0.3 is 9.47 Å². The van der Waals surface area contributed by atoms with E-state index in [2.05, 4.69) is 12.6 Å². The van der Waals surface area contributed by atoms with Gasteiger partial charge in [0.1, 0.15) is 5.60 Å². The average molecular weight is 242 g/mol. The van der Waals surface area contributed by atoms with E-state index in [0.29, 0.717) is 6.42 Å². The summed E-state index contributed by atoms with van der Waals surface area (Å²) in [5.41, 5.74) is -1.51. The third-order valence-electron chi connectivity index (χ3n) is 2.25. The van der Waals surface area contributed by atoms with E-state index in [1.165, 1.54) is 7.11 Å². The first-order valence-electron chi connectivity index (χ1n) is 5.16. The summed E-state index contributed by atoms with van der Waals surface area (Å²) in [5.74, 6) is -0.365. The molecule has 1 unspecified atom stereocenters. The molecule has 0 N–H and O–H groups in total. The fourth-order valence-corrected chi connectivity index (χ4v) is 1.53. The van der Waals surface area contributed by atoms with Crippen molar-refractivity contribution in [3.63, 3.8) is 0 Å². The van der Waals surface area contributed by atoms with Crippen LogP contribution in [0.25, 0.3) is 0 Å². The summed E-state index contributed by atoms with van der Waals surface area (Å²) < 4.78 is 10.6. The van der Waals surface area contributed by atoms with Crippen LogP contribution >= 0.6 is 12.6 Å². The predicted octanol–water partition coefficient (Wildman–Crippen LogP) is 2.49. The van der Waals surface area contributed by atoms with Gasteiger partial charge in [0.2, 0.25) is 0 Å². The number of ether oxygens (including phenoxy) is 2. The summed E-state index contributed by atoms with van der Waals surface area (Å²) in [4.78, 5) is 12.9. The summed E-state index contributed by atoms with van der Waals surface area (Å²) in [6.07, 6.45) is 5.74. The zero-order valence-electron chi connectivity index (χ0n) is 10.1. The highest BCUT2D eigenvalue weighted by Gasteiger charge is 2.40. The van der Waals surface area contributed by atoms with Gasteiger partial charge in [-0.2, -0.15) is 0 Å². The van der Waals surface area contributed by atoms with Crippen molar-refractivity contribution in [2.75, 3.05) is 7.11 Å². The molecule has 1 aliphatic rings. The largest absolute Gasteiger partial charge is 0.458 e. The Balaban J connectivity index is 2.83. The van der Waals surface area contributed by atoms with E-state index in [0.717, 1.165) is 4.91 Å². The van der Waals surface area contributed by atoms with E-state index >= 15 is 0 Å². The Labute approximate surface area is 102 Å². The summed E-state index contributed by atoms with van der Waals surface area (Å²) in [7, 11) is 1.51. The van der Waals surface area contributed by atoms with Crippen molar-refractivity contribution in [3.8, 4) is 0 Å². The zero-order valence-corrected chi connectivity index (χ0v) is 11.0.